The summed E-state index contributed by atoms with van der Waals surface area (Å²) in [4.78, 5) is 18.3. The predicted molar refractivity (Wildman–Crippen MR) is 64.8 cm³/mol. The van der Waals surface area contributed by atoms with E-state index in [0.29, 0.717) is 16.5 Å². The summed E-state index contributed by atoms with van der Waals surface area (Å²) >= 11 is 5.92. The van der Waals surface area contributed by atoms with Gasteiger partial charge in [-0.3, -0.25) is 0 Å². The number of rotatable bonds is 4. The third-order valence-electron chi connectivity index (χ3n) is 2.16. The van der Waals surface area contributed by atoms with Crippen LogP contribution in [0.4, 0.5) is 0 Å². The van der Waals surface area contributed by atoms with E-state index in [1.165, 1.54) is 12.4 Å². The lowest BCUT2D eigenvalue weighted by Crippen LogP contribution is -2.05. The molecule has 2 rings (SSSR count). The Morgan fingerprint density at radius 3 is 2.83 bits per heavy atom. The van der Waals surface area contributed by atoms with Gasteiger partial charge in [-0.2, -0.15) is 0 Å². The van der Waals surface area contributed by atoms with Gasteiger partial charge in [-0.25, -0.2) is 14.8 Å². The van der Waals surface area contributed by atoms with Crippen LogP contribution in [0, 0.1) is 0 Å². The number of halogens is 1. The standard InChI is InChI=1S/C12H9ClN2O3/c13-9-3-1-2-4-11(9)18-6-8-5-10(12(16)17)15-7-14-8/h1-5,7H,6H2,(H,16,17). The molecule has 0 unspecified atom stereocenters. The van der Waals surface area contributed by atoms with E-state index >= 15 is 0 Å². The number of para-hydroxylation sites is 1. The Kier molecular flexibility index (Phi) is 3.74. The van der Waals surface area contributed by atoms with Crippen LogP contribution in [0.25, 0.3) is 0 Å². The third-order valence-corrected chi connectivity index (χ3v) is 2.47. The number of benzene rings is 1. The van der Waals surface area contributed by atoms with E-state index < -0.39 is 5.97 Å². The second-order valence-corrected chi connectivity index (χ2v) is 3.83. The molecule has 2 aromatic rings. The van der Waals surface area contributed by atoms with Crippen LogP contribution in [-0.2, 0) is 6.61 Å². The molecule has 18 heavy (non-hydrogen) atoms. The van der Waals surface area contributed by atoms with Crippen molar-refractivity contribution in [2.75, 3.05) is 0 Å². The maximum absolute atomic E-state index is 10.7. The van der Waals surface area contributed by atoms with Crippen molar-refractivity contribution in [2.45, 2.75) is 6.61 Å². The maximum atomic E-state index is 10.7. The molecule has 6 heteroatoms. The lowest BCUT2D eigenvalue weighted by Gasteiger charge is -2.07. The Labute approximate surface area is 108 Å². The summed E-state index contributed by atoms with van der Waals surface area (Å²) in [5.41, 5.74) is 0.407. The van der Waals surface area contributed by atoms with Gasteiger partial charge in [-0.15, -0.1) is 0 Å². The molecule has 0 aliphatic heterocycles. The first-order valence-electron chi connectivity index (χ1n) is 5.08. The van der Waals surface area contributed by atoms with Crippen LogP contribution in [0.5, 0.6) is 5.75 Å². The monoisotopic (exact) mass is 264 g/mol. The van der Waals surface area contributed by atoms with E-state index in [0.717, 1.165) is 0 Å². The van der Waals surface area contributed by atoms with Gasteiger partial charge in [0.25, 0.3) is 0 Å². The van der Waals surface area contributed by atoms with Crippen LogP contribution in [0.2, 0.25) is 5.02 Å². The number of aromatic nitrogens is 2. The number of nitrogens with zero attached hydrogens (tertiary/aromatic N) is 2. The Balaban J connectivity index is 2.09. The van der Waals surface area contributed by atoms with Crippen molar-refractivity contribution < 1.29 is 14.6 Å². The number of hydrogen-bond donors (Lipinski definition) is 1. The molecule has 0 saturated heterocycles. The number of carboxylic acids is 1. The second kappa shape index (κ2) is 5.46. The number of carbonyl (C=O) groups is 1. The van der Waals surface area contributed by atoms with Crippen LogP contribution in [-0.4, -0.2) is 21.0 Å². The van der Waals surface area contributed by atoms with E-state index in [9.17, 15) is 4.79 Å². The summed E-state index contributed by atoms with van der Waals surface area (Å²) in [7, 11) is 0. The van der Waals surface area contributed by atoms with Gasteiger partial charge in [0.05, 0.1) is 10.7 Å². The lowest BCUT2D eigenvalue weighted by atomic mass is 10.3. The van der Waals surface area contributed by atoms with E-state index in [2.05, 4.69) is 9.97 Å². The molecule has 0 atom stereocenters. The molecule has 1 aromatic carbocycles. The summed E-state index contributed by atoms with van der Waals surface area (Å²) in [6.45, 7) is 0.131. The fraction of sp³-hybridized carbons (Fsp3) is 0.0833. The molecule has 0 saturated carbocycles. The molecule has 0 aliphatic rings. The van der Waals surface area contributed by atoms with E-state index in [1.54, 1.807) is 24.3 Å². The topological polar surface area (TPSA) is 72.3 Å². The highest BCUT2D eigenvalue weighted by atomic mass is 35.5. The first-order valence-corrected chi connectivity index (χ1v) is 5.46. The van der Waals surface area contributed by atoms with Crippen LogP contribution in [0.1, 0.15) is 16.2 Å². The second-order valence-electron chi connectivity index (χ2n) is 3.42. The molecule has 0 radical (unpaired) electrons. The average molecular weight is 265 g/mol. The molecule has 0 spiro atoms. The minimum Gasteiger partial charge on any atom is -0.486 e. The van der Waals surface area contributed by atoms with Crippen LogP contribution in [0.15, 0.2) is 36.7 Å². The quantitative estimate of drug-likeness (QED) is 0.918. The van der Waals surface area contributed by atoms with Gasteiger partial charge in [-0.05, 0) is 18.2 Å². The molecule has 0 amide bonds. The highest BCUT2D eigenvalue weighted by Crippen LogP contribution is 2.23. The van der Waals surface area contributed by atoms with Crippen molar-refractivity contribution in [3.8, 4) is 5.75 Å². The summed E-state index contributed by atoms with van der Waals surface area (Å²) in [5, 5.41) is 9.28. The maximum Gasteiger partial charge on any atom is 0.354 e. The normalized spacial score (nSPS) is 10.1. The Morgan fingerprint density at radius 2 is 2.11 bits per heavy atom. The number of carboxylic acid groups (broad SMARTS) is 1. The fourth-order valence-corrected chi connectivity index (χ4v) is 1.50. The van der Waals surface area contributed by atoms with E-state index in [-0.39, 0.29) is 12.3 Å². The van der Waals surface area contributed by atoms with Crippen molar-refractivity contribution in [1.82, 2.24) is 9.97 Å². The van der Waals surface area contributed by atoms with Crippen molar-refractivity contribution >= 4 is 17.6 Å². The van der Waals surface area contributed by atoms with Crippen molar-refractivity contribution in [1.29, 1.82) is 0 Å². The molecule has 1 aromatic heterocycles. The first-order chi connectivity index (χ1) is 8.66. The highest BCUT2D eigenvalue weighted by Gasteiger charge is 2.07. The van der Waals surface area contributed by atoms with Gasteiger partial charge < -0.3 is 9.84 Å². The lowest BCUT2D eigenvalue weighted by molar-refractivity contribution is 0.0690. The fourth-order valence-electron chi connectivity index (χ4n) is 1.31. The Morgan fingerprint density at radius 1 is 1.33 bits per heavy atom. The zero-order valence-electron chi connectivity index (χ0n) is 9.21. The van der Waals surface area contributed by atoms with Gasteiger partial charge in [0.15, 0.2) is 5.69 Å². The van der Waals surface area contributed by atoms with Crippen molar-refractivity contribution in [3.05, 3.63) is 53.1 Å². The van der Waals surface area contributed by atoms with E-state index in [4.69, 9.17) is 21.4 Å². The van der Waals surface area contributed by atoms with Gasteiger partial charge >= 0.3 is 5.97 Å². The van der Waals surface area contributed by atoms with E-state index in [1.807, 2.05) is 0 Å². The zero-order chi connectivity index (χ0) is 13.0. The van der Waals surface area contributed by atoms with Crippen LogP contribution >= 0.6 is 11.6 Å². The molecule has 92 valence electrons. The van der Waals surface area contributed by atoms with Crippen molar-refractivity contribution in [3.63, 3.8) is 0 Å². The predicted octanol–water partition coefficient (Wildman–Crippen LogP) is 2.41. The van der Waals surface area contributed by atoms with Crippen LogP contribution in [0.3, 0.4) is 0 Å². The third kappa shape index (κ3) is 2.95. The summed E-state index contributed by atoms with van der Waals surface area (Å²) in [6.07, 6.45) is 1.19. The van der Waals surface area contributed by atoms with Gasteiger partial charge in [0.2, 0.25) is 0 Å². The summed E-state index contributed by atoms with van der Waals surface area (Å²) < 4.78 is 5.44. The van der Waals surface area contributed by atoms with Crippen molar-refractivity contribution in [2.24, 2.45) is 0 Å². The molecule has 0 bridgehead atoms. The first kappa shape index (κ1) is 12.3. The molecule has 5 nitrogen and oxygen atoms in total. The number of ether oxygens (including phenoxy) is 1. The summed E-state index contributed by atoms with van der Waals surface area (Å²) in [6, 6.07) is 8.38. The molecular weight excluding hydrogens is 256 g/mol. The minimum absolute atomic E-state index is 0.0669. The van der Waals surface area contributed by atoms with Gasteiger partial charge in [0.1, 0.15) is 18.7 Å². The zero-order valence-corrected chi connectivity index (χ0v) is 9.96. The molecule has 0 aliphatic carbocycles. The molecule has 1 N–H and O–H groups in total. The molecular formula is C12H9ClN2O3. The molecule has 0 fully saturated rings. The molecule has 1 heterocycles. The van der Waals surface area contributed by atoms with Crippen LogP contribution < -0.4 is 4.74 Å². The smallest absolute Gasteiger partial charge is 0.354 e. The van der Waals surface area contributed by atoms with Gasteiger partial charge in [0, 0.05) is 0 Å². The number of aromatic carboxylic acids is 1. The minimum atomic E-state index is -1.10. The largest absolute Gasteiger partial charge is 0.486 e. The Hall–Kier alpha value is -2.14. The summed E-state index contributed by atoms with van der Waals surface area (Å²) in [5.74, 6) is -0.578. The number of hydrogen-bond acceptors (Lipinski definition) is 4. The van der Waals surface area contributed by atoms with Gasteiger partial charge in [-0.1, -0.05) is 23.7 Å². The Bertz CT molecular complexity index is 575. The SMILES string of the molecule is O=C(O)c1cc(COc2ccccc2Cl)ncn1. The average Bonchev–Trinajstić information content (AvgIpc) is 2.38. The highest BCUT2D eigenvalue weighted by molar-refractivity contribution is 6.32.